The Hall–Kier alpha value is -0.995. The van der Waals surface area contributed by atoms with Crippen molar-refractivity contribution in [2.45, 2.75) is 13.3 Å². The standard InChI is InChI=1S/C6H12N2.CH2BF3O3.FH/c1-3-8-5-4-7(2)6-8;3-1(4,5)8-2(6)7;/h4-5H,3,6H2,1-2H3;6-7H;1H. The van der Waals surface area contributed by atoms with E-state index in [0.29, 0.717) is 0 Å². The van der Waals surface area contributed by atoms with E-state index >= 15 is 0 Å². The summed E-state index contributed by atoms with van der Waals surface area (Å²) in [7, 11) is -0.707. The molecule has 5 nitrogen and oxygen atoms in total. The van der Waals surface area contributed by atoms with E-state index in [-0.39, 0.29) is 4.70 Å². The Morgan fingerprint density at radius 2 is 1.88 bits per heavy atom. The number of hydrogen-bond donors (Lipinski definition) is 2. The Morgan fingerprint density at radius 3 is 2.00 bits per heavy atom. The summed E-state index contributed by atoms with van der Waals surface area (Å²) >= 11 is 0. The lowest BCUT2D eigenvalue weighted by Gasteiger charge is -2.14. The molecule has 1 heterocycles. The Bertz CT molecular complexity index is 228. The van der Waals surface area contributed by atoms with Gasteiger partial charge in [-0.1, -0.05) is 0 Å². The van der Waals surface area contributed by atoms with Gasteiger partial charge in [0.2, 0.25) is 0 Å². The van der Waals surface area contributed by atoms with Gasteiger partial charge in [-0.2, -0.15) is 0 Å². The summed E-state index contributed by atoms with van der Waals surface area (Å²) in [6, 6.07) is 0. The second kappa shape index (κ2) is 8.15. The molecule has 0 atom stereocenters. The predicted octanol–water partition coefficient (Wildman–Crippen LogP) is 0.327. The third-order valence-corrected chi connectivity index (χ3v) is 1.58. The first kappa shape index (κ1) is 18.4. The lowest BCUT2D eigenvalue weighted by atomic mass is 10.3. The average molecular weight is 262 g/mol. The van der Waals surface area contributed by atoms with Crippen molar-refractivity contribution in [3.05, 3.63) is 12.4 Å². The zero-order chi connectivity index (χ0) is 12.8. The monoisotopic (exact) mass is 262 g/mol. The minimum atomic E-state index is -4.98. The molecule has 0 saturated heterocycles. The Labute approximate surface area is 96.6 Å². The summed E-state index contributed by atoms with van der Waals surface area (Å²) in [6.07, 6.45) is -0.780. The molecule has 10 heteroatoms. The van der Waals surface area contributed by atoms with E-state index < -0.39 is 13.7 Å². The predicted molar refractivity (Wildman–Crippen MR) is 54.0 cm³/mol. The topological polar surface area (TPSA) is 56.2 Å². The molecule has 0 unspecified atom stereocenters. The molecule has 0 aliphatic carbocycles. The maximum atomic E-state index is 10.8. The highest BCUT2D eigenvalue weighted by atomic mass is 19.4. The van der Waals surface area contributed by atoms with Gasteiger partial charge in [-0.25, -0.2) is 0 Å². The molecular weight excluding hydrogens is 247 g/mol. The van der Waals surface area contributed by atoms with Crippen molar-refractivity contribution < 1.29 is 32.6 Å². The van der Waals surface area contributed by atoms with Gasteiger partial charge in [0.1, 0.15) is 0 Å². The molecule has 0 bridgehead atoms. The van der Waals surface area contributed by atoms with Crippen molar-refractivity contribution >= 4 is 7.32 Å². The zero-order valence-electron chi connectivity index (χ0n) is 9.39. The lowest BCUT2D eigenvalue weighted by Crippen LogP contribution is -2.27. The fourth-order valence-electron chi connectivity index (χ4n) is 0.914. The molecule has 0 aromatic heterocycles. The first-order chi connectivity index (χ1) is 7.24. The molecule has 0 radical (unpaired) electrons. The van der Waals surface area contributed by atoms with Gasteiger partial charge in [0.25, 0.3) is 0 Å². The van der Waals surface area contributed by atoms with Crippen molar-refractivity contribution in [2.75, 3.05) is 20.3 Å². The van der Waals surface area contributed by atoms with Crippen LogP contribution < -0.4 is 0 Å². The fourth-order valence-corrected chi connectivity index (χ4v) is 0.914. The van der Waals surface area contributed by atoms with Crippen LogP contribution in [0.3, 0.4) is 0 Å². The van der Waals surface area contributed by atoms with E-state index in [1.807, 2.05) is 0 Å². The molecule has 2 N–H and O–H groups in total. The van der Waals surface area contributed by atoms with E-state index in [1.54, 1.807) is 0 Å². The maximum absolute atomic E-state index is 10.8. The third-order valence-electron chi connectivity index (χ3n) is 1.58. The minimum Gasteiger partial charge on any atom is -0.402 e. The van der Waals surface area contributed by atoms with Gasteiger partial charge in [0.05, 0.1) is 6.67 Å². The summed E-state index contributed by atoms with van der Waals surface area (Å²) in [5.41, 5.74) is 0. The van der Waals surface area contributed by atoms with Gasteiger partial charge < -0.3 is 19.8 Å². The van der Waals surface area contributed by atoms with Crippen molar-refractivity contribution in [1.82, 2.24) is 9.80 Å². The van der Waals surface area contributed by atoms with Gasteiger partial charge in [-0.15, -0.1) is 13.2 Å². The number of alkyl halides is 3. The van der Waals surface area contributed by atoms with E-state index in [2.05, 4.69) is 40.8 Å². The van der Waals surface area contributed by atoms with Crippen molar-refractivity contribution in [3.63, 3.8) is 0 Å². The van der Waals surface area contributed by atoms with Crippen LogP contribution in [-0.4, -0.2) is 53.8 Å². The molecule has 0 spiro atoms. The molecule has 0 aromatic carbocycles. The van der Waals surface area contributed by atoms with E-state index in [4.69, 9.17) is 10.0 Å². The van der Waals surface area contributed by atoms with Gasteiger partial charge >= 0.3 is 13.7 Å². The molecule has 0 aromatic rings. The molecule has 1 aliphatic heterocycles. The smallest absolute Gasteiger partial charge is 0.402 e. The average Bonchev–Trinajstić information content (AvgIpc) is 2.47. The SMILES string of the molecule is CCN1C=CN(C)C1.F.OB(O)OC(F)(F)F. The molecular formula is C7H15BF4N2O3. The van der Waals surface area contributed by atoms with Crippen LogP contribution in [-0.2, 0) is 4.65 Å². The van der Waals surface area contributed by atoms with Crippen LogP contribution in [0.2, 0.25) is 0 Å². The molecule has 1 aliphatic rings. The first-order valence-corrected chi connectivity index (χ1v) is 4.48. The number of nitrogens with zero attached hydrogens (tertiary/aromatic N) is 2. The highest BCUT2D eigenvalue weighted by Crippen LogP contribution is 2.15. The van der Waals surface area contributed by atoms with E-state index in [1.165, 1.54) is 0 Å². The fraction of sp³-hybridized carbons (Fsp3) is 0.714. The number of rotatable bonds is 2. The van der Waals surface area contributed by atoms with Crippen molar-refractivity contribution in [2.24, 2.45) is 0 Å². The van der Waals surface area contributed by atoms with Crippen LogP contribution in [0.15, 0.2) is 12.4 Å². The van der Waals surface area contributed by atoms with Gasteiger partial charge in [0, 0.05) is 26.0 Å². The molecule has 0 amide bonds. The Balaban J connectivity index is 0. The van der Waals surface area contributed by atoms with Crippen LogP contribution in [0.5, 0.6) is 0 Å². The largest absolute Gasteiger partial charge is 0.640 e. The molecule has 0 fully saturated rings. The van der Waals surface area contributed by atoms with Crippen LogP contribution in [0.1, 0.15) is 6.92 Å². The van der Waals surface area contributed by atoms with E-state index in [0.717, 1.165) is 13.2 Å². The normalized spacial score (nSPS) is 14.1. The molecule has 0 saturated carbocycles. The number of halogens is 4. The molecule has 102 valence electrons. The second-order valence-electron chi connectivity index (χ2n) is 2.99. The van der Waals surface area contributed by atoms with Crippen LogP contribution in [0.25, 0.3) is 0 Å². The van der Waals surface area contributed by atoms with Crippen LogP contribution >= 0.6 is 0 Å². The first-order valence-electron chi connectivity index (χ1n) is 4.48. The summed E-state index contributed by atoms with van der Waals surface area (Å²) in [4.78, 5) is 4.41. The summed E-state index contributed by atoms with van der Waals surface area (Å²) in [5, 5.41) is 15.0. The van der Waals surface area contributed by atoms with Gasteiger partial charge in [-0.05, 0) is 6.92 Å². The zero-order valence-corrected chi connectivity index (χ0v) is 9.39. The maximum Gasteiger partial charge on any atom is 0.640 e. The van der Waals surface area contributed by atoms with Crippen molar-refractivity contribution in [1.29, 1.82) is 0 Å². The van der Waals surface area contributed by atoms with E-state index in [9.17, 15) is 13.2 Å². The molecule has 17 heavy (non-hydrogen) atoms. The number of hydrogen-bond acceptors (Lipinski definition) is 5. The molecule has 1 rings (SSSR count). The second-order valence-corrected chi connectivity index (χ2v) is 2.99. The van der Waals surface area contributed by atoms with Crippen molar-refractivity contribution in [3.8, 4) is 0 Å². The third kappa shape index (κ3) is 11.3. The minimum absolute atomic E-state index is 0. The van der Waals surface area contributed by atoms with Gasteiger partial charge in [-0.3, -0.25) is 9.36 Å². The van der Waals surface area contributed by atoms with Crippen LogP contribution in [0, 0.1) is 0 Å². The van der Waals surface area contributed by atoms with Gasteiger partial charge in [0.15, 0.2) is 0 Å². The Morgan fingerprint density at radius 1 is 1.35 bits per heavy atom. The Kier molecular flexibility index (Phi) is 8.81. The highest BCUT2D eigenvalue weighted by Gasteiger charge is 2.34. The van der Waals surface area contributed by atoms with Crippen LogP contribution in [0.4, 0.5) is 17.9 Å². The summed E-state index contributed by atoms with van der Waals surface area (Å²) in [5.74, 6) is 0. The lowest BCUT2D eigenvalue weighted by molar-refractivity contribution is -0.288. The highest BCUT2D eigenvalue weighted by molar-refractivity contribution is 6.32. The summed E-state index contributed by atoms with van der Waals surface area (Å²) < 4.78 is 34.8. The quantitative estimate of drug-likeness (QED) is 0.554. The summed E-state index contributed by atoms with van der Waals surface area (Å²) in [6.45, 7) is 4.32.